The van der Waals surface area contributed by atoms with Crippen molar-refractivity contribution in [3.05, 3.63) is 59.4 Å². The summed E-state index contributed by atoms with van der Waals surface area (Å²) in [4.78, 5) is 25.6. The van der Waals surface area contributed by atoms with E-state index in [2.05, 4.69) is 5.32 Å². The van der Waals surface area contributed by atoms with Gasteiger partial charge in [-0.2, -0.15) is 0 Å². The van der Waals surface area contributed by atoms with Crippen molar-refractivity contribution < 1.29 is 18.7 Å². The summed E-state index contributed by atoms with van der Waals surface area (Å²) in [5, 5.41) is 2.82. The van der Waals surface area contributed by atoms with Crippen LogP contribution in [0.15, 0.2) is 42.5 Å². The molecule has 0 atom stereocenters. The third-order valence-electron chi connectivity index (χ3n) is 3.98. The quantitative estimate of drug-likeness (QED) is 0.669. The third-order valence-corrected chi connectivity index (χ3v) is 3.98. The van der Waals surface area contributed by atoms with Crippen LogP contribution in [0.2, 0.25) is 0 Å². The fourth-order valence-electron chi connectivity index (χ4n) is 2.73. The van der Waals surface area contributed by atoms with E-state index in [0.29, 0.717) is 18.7 Å². The molecule has 1 amide bonds. The molecule has 0 radical (unpaired) electrons. The molecular weight excluding hydrogens is 323 g/mol. The number of ether oxygens (including phenoxy) is 1. The van der Waals surface area contributed by atoms with Gasteiger partial charge < -0.3 is 15.0 Å². The molecule has 0 saturated carbocycles. The number of aryl methyl sites for hydroxylation is 1. The minimum absolute atomic E-state index is 0.0431. The molecule has 1 aliphatic rings. The van der Waals surface area contributed by atoms with Gasteiger partial charge in [0.05, 0.1) is 12.2 Å². The number of anilines is 1. The number of esters is 1. The molecule has 0 saturated heterocycles. The van der Waals surface area contributed by atoms with Crippen molar-refractivity contribution in [1.29, 1.82) is 0 Å². The van der Waals surface area contributed by atoms with E-state index < -0.39 is 0 Å². The van der Waals surface area contributed by atoms with Crippen LogP contribution in [0.5, 0.6) is 5.75 Å². The predicted molar refractivity (Wildman–Crippen MR) is 92.1 cm³/mol. The highest BCUT2D eigenvalue weighted by Crippen LogP contribution is 2.32. The highest BCUT2D eigenvalue weighted by atomic mass is 19.1. The molecule has 0 bridgehead atoms. The average molecular weight is 342 g/mol. The highest BCUT2D eigenvalue weighted by Gasteiger charge is 2.25. The van der Waals surface area contributed by atoms with E-state index in [0.717, 1.165) is 16.8 Å². The summed E-state index contributed by atoms with van der Waals surface area (Å²) in [7, 11) is 0. The van der Waals surface area contributed by atoms with E-state index in [1.807, 2.05) is 19.1 Å². The van der Waals surface area contributed by atoms with E-state index >= 15 is 0 Å². The normalized spacial score (nSPS) is 13.2. The van der Waals surface area contributed by atoms with Crippen LogP contribution in [0.1, 0.15) is 11.1 Å². The maximum absolute atomic E-state index is 12.9. The molecule has 6 heteroatoms. The van der Waals surface area contributed by atoms with E-state index in [1.54, 1.807) is 23.1 Å². The van der Waals surface area contributed by atoms with Crippen LogP contribution in [0.25, 0.3) is 0 Å². The lowest BCUT2D eigenvalue weighted by molar-refractivity contribution is -0.133. The number of carbonyl (C=O) groups excluding carboxylic acids is 2. The Balaban J connectivity index is 1.56. The van der Waals surface area contributed by atoms with Crippen molar-refractivity contribution >= 4 is 17.6 Å². The van der Waals surface area contributed by atoms with Gasteiger partial charge in [-0.25, -0.2) is 9.18 Å². The topological polar surface area (TPSA) is 58.6 Å². The molecule has 0 unspecified atom stereocenters. The minimum Gasteiger partial charge on any atom is -0.423 e. The van der Waals surface area contributed by atoms with Gasteiger partial charge in [0, 0.05) is 6.54 Å². The van der Waals surface area contributed by atoms with Crippen LogP contribution in [-0.2, 0) is 16.0 Å². The molecular formula is C19H19FN2O3. The zero-order valence-electron chi connectivity index (χ0n) is 13.9. The lowest BCUT2D eigenvalue weighted by Gasteiger charge is -2.29. The van der Waals surface area contributed by atoms with Crippen molar-refractivity contribution in [2.75, 3.05) is 24.5 Å². The summed E-state index contributed by atoms with van der Waals surface area (Å²) in [6.45, 7) is 2.48. The summed E-state index contributed by atoms with van der Waals surface area (Å²) in [6.07, 6.45) is 0.615. The second-order valence-corrected chi connectivity index (χ2v) is 6.03. The number of hydrogen-bond donors (Lipinski definition) is 1. The number of carbonyl (C=O) groups is 2. The number of benzene rings is 2. The van der Waals surface area contributed by atoms with Crippen LogP contribution < -0.4 is 15.0 Å². The average Bonchev–Trinajstić information content (AvgIpc) is 2.56. The van der Waals surface area contributed by atoms with Crippen LogP contribution in [0.4, 0.5) is 10.1 Å². The number of fused-ring (bicyclic) bond motifs is 1. The van der Waals surface area contributed by atoms with Gasteiger partial charge in [-0.15, -0.1) is 0 Å². The summed E-state index contributed by atoms with van der Waals surface area (Å²) in [6, 6.07) is 11.7. The molecule has 0 aromatic heterocycles. The molecule has 5 nitrogen and oxygen atoms in total. The monoisotopic (exact) mass is 342 g/mol. The summed E-state index contributed by atoms with van der Waals surface area (Å²) >= 11 is 0. The van der Waals surface area contributed by atoms with Crippen molar-refractivity contribution in [3.63, 3.8) is 0 Å². The zero-order chi connectivity index (χ0) is 17.8. The van der Waals surface area contributed by atoms with Crippen LogP contribution in [0.3, 0.4) is 0 Å². The Bertz CT molecular complexity index is 790. The Morgan fingerprint density at radius 3 is 2.76 bits per heavy atom. The van der Waals surface area contributed by atoms with Crippen LogP contribution >= 0.6 is 0 Å². The summed E-state index contributed by atoms with van der Waals surface area (Å²) < 4.78 is 18.1. The standard InChI is InChI=1S/C19H19FN2O3/c1-13-2-7-16-17(10-13)25-19(24)12-22(16)11-18(23)21-9-8-14-3-5-15(20)6-4-14/h2-7,10H,8-9,11-12H2,1H3,(H,21,23). The molecule has 0 aliphatic carbocycles. The van der Waals surface area contributed by atoms with Crippen molar-refractivity contribution in [3.8, 4) is 5.75 Å². The fraction of sp³-hybridized carbons (Fsp3) is 0.263. The molecule has 25 heavy (non-hydrogen) atoms. The molecule has 130 valence electrons. The molecule has 1 N–H and O–H groups in total. The maximum Gasteiger partial charge on any atom is 0.331 e. The second-order valence-electron chi connectivity index (χ2n) is 6.03. The first-order valence-corrected chi connectivity index (χ1v) is 8.09. The van der Waals surface area contributed by atoms with Gasteiger partial charge >= 0.3 is 5.97 Å². The zero-order valence-corrected chi connectivity index (χ0v) is 13.9. The van der Waals surface area contributed by atoms with Crippen LogP contribution in [0, 0.1) is 12.7 Å². The van der Waals surface area contributed by atoms with Crippen molar-refractivity contribution in [1.82, 2.24) is 5.32 Å². The Hall–Kier alpha value is -2.89. The van der Waals surface area contributed by atoms with Gasteiger partial charge in [0.2, 0.25) is 5.91 Å². The molecule has 0 spiro atoms. The predicted octanol–water partition coefficient (Wildman–Crippen LogP) is 2.22. The molecule has 3 rings (SSSR count). The largest absolute Gasteiger partial charge is 0.423 e. The first-order chi connectivity index (χ1) is 12.0. The first kappa shape index (κ1) is 17.0. The van der Waals surface area contributed by atoms with Gasteiger partial charge in [0.25, 0.3) is 0 Å². The second kappa shape index (κ2) is 7.34. The Morgan fingerprint density at radius 2 is 2.00 bits per heavy atom. The van der Waals surface area contributed by atoms with Crippen LogP contribution in [-0.4, -0.2) is 31.5 Å². The molecule has 0 fully saturated rings. The first-order valence-electron chi connectivity index (χ1n) is 8.09. The number of rotatable bonds is 5. The van der Waals surface area contributed by atoms with E-state index in [-0.39, 0.29) is 30.8 Å². The lowest BCUT2D eigenvalue weighted by atomic mass is 10.1. The number of nitrogens with one attached hydrogen (secondary N) is 1. The Morgan fingerprint density at radius 1 is 1.24 bits per heavy atom. The third kappa shape index (κ3) is 4.35. The minimum atomic E-state index is -0.378. The van der Waals surface area contributed by atoms with Crippen molar-refractivity contribution in [2.24, 2.45) is 0 Å². The Kier molecular flexibility index (Phi) is 4.97. The number of amides is 1. The fourth-order valence-corrected chi connectivity index (χ4v) is 2.73. The van der Waals surface area contributed by atoms with E-state index in [9.17, 15) is 14.0 Å². The van der Waals surface area contributed by atoms with E-state index in [4.69, 9.17) is 4.74 Å². The van der Waals surface area contributed by atoms with Gasteiger partial charge in [-0.05, 0) is 48.7 Å². The number of nitrogens with zero attached hydrogens (tertiary/aromatic N) is 1. The SMILES string of the molecule is Cc1ccc2c(c1)OC(=O)CN2CC(=O)NCCc1ccc(F)cc1. The number of halogens is 1. The van der Waals surface area contributed by atoms with Gasteiger partial charge in [-0.3, -0.25) is 4.79 Å². The van der Waals surface area contributed by atoms with Gasteiger partial charge in [0.1, 0.15) is 12.4 Å². The van der Waals surface area contributed by atoms with Gasteiger partial charge in [-0.1, -0.05) is 18.2 Å². The smallest absolute Gasteiger partial charge is 0.331 e. The summed E-state index contributed by atoms with van der Waals surface area (Å²) in [5.74, 6) is -0.352. The van der Waals surface area contributed by atoms with E-state index in [1.165, 1.54) is 12.1 Å². The molecule has 2 aromatic rings. The van der Waals surface area contributed by atoms with Gasteiger partial charge in [0.15, 0.2) is 5.75 Å². The maximum atomic E-state index is 12.9. The molecule has 1 heterocycles. The molecule has 2 aromatic carbocycles. The summed E-state index contributed by atoms with van der Waals surface area (Å²) in [5.41, 5.74) is 2.67. The highest BCUT2D eigenvalue weighted by molar-refractivity contribution is 5.89. The molecule has 1 aliphatic heterocycles. The number of hydrogen-bond acceptors (Lipinski definition) is 4. The lowest BCUT2D eigenvalue weighted by Crippen LogP contribution is -2.43. The Labute approximate surface area is 145 Å². The van der Waals surface area contributed by atoms with Crippen molar-refractivity contribution in [2.45, 2.75) is 13.3 Å².